The molecule has 1 saturated carbocycles. The van der Waals surface area contributed by atoms with E-state index in [9.17, 15) is 4.79 Å². The molecule has 1 amide bonds. The Balaban J connectivity index is 2.45. The van der Waals surface area contributed by atoms with Gasteiger partial charge in [-0.3, -0.25) is 4.79 Å². The third kappa shape index (κ3) is 5.91. The number of amides is 1. The summed E-state index contributed by atoms with van der Waals surface area (Å²) in [5, 5.41) is 3.01. The first kappa shape index (κ1) is 16.4. The zero-order chi connectivity index (χ0) is 14.3. The number of carbonyl (C=O) groups excluding carboxylic acids is 1. The maximum Gasteiger partial charge on any atom is 0.234 e. The second-order valence-electron chi connectivity index (χ2n) is 6.19. The van der Waals surface area contributed by atoms with Crippen molar-refractivity contribution in [1.29, 1.82) is 0 Å². The van der Waals surface area contributed by atoms with Crippen molar-refractivity contribution in [3.63, 3.8) is 0 Å². The molecule has 1 aliphatic rings. The van der Waals surface area contributed by atoms with Crippen LogP contribution in [0.3, 0.4) is 0 Å². The van der Waals surface area contributed by atoms with Crippen molar-refractivity contribution in [2.45, 2.75) is 64.5 Å². The zero-order valence-corrected chi connectivity index (χ0v) is 12.8. The Morgan fingerprint density at radius 2 is 1.84 bits per heavy atom. The smallest absolute Gasteiger partial charge is 0.234 e. The first-order valence-corrected chi connectivity index (χ1v) is 7.75. The van der Waals surface area contributed by atoms with Crippen molar-refractivity contribution < 1.29 is 4.79 Å². The van der Waals surface area contributed by atoms with E-state index >= 15 is 0 Å². The molecule has 19 heavy (non-hydrogen) atoms. The van der Waals surface area contributed by atoms with Crippen molar-refractivity contribution in [1.82, 2.24) is 10.2 Å². The first-order valence-electron chi connectivity index (χ1n) is 7.75. The van der Waals surface area contributed by atoms with E-state index in [-0.39, 0.29) is 11.9 Å². The summed E-state index contributed by atoms with van der Waals surface area (Å²) in [6.45, 7) is 6.67. The largest absolute Gasteiger partial charge is 0.368 e. The third-order valence-electron chi connectivity index (χ3n) is 4.23. The lowest BCUT2D eigenvalue weighted by molar-refractivity contribution is -0.120. The molecular formula is C15H31N3O. The molecule has 0 aliphatic heterocycles. The average molecular weight is 269 g/mol. The Hall–Kier alpha value is -0.610. The van der Waals surface area contributed by atoms with E-state index in [1.165, 1.54) is 32.1 Å². The van der Waals surface area contributed by atoms with Crippen molar-refractivity contribution in [3.05, 3.63) is 0 Å². The van der Waals surface area contributed by atoms with Gasteiger partial charge in [-0.2, -0.15) is 0 Å². The lowest BCUT2D eigenvalue weighted by atomic mass is 10.1. The molecule has 0 radical (unpaired) electrons. The van der Waals surface area contributed by atoms with E-state index in [0.717, 1.165) is 31.5 Å². The number of hydrogen-bond acceptors (Lipinski definition) is 3. The molecule has 3 N–H and O–H groups in total. The quantitative estimate of drug-likeness (QED) is 0.670. The summed E-state index contributed by atoms with van der Waals surface area (Å²) in [4.78, 5) is 13.9. The molecular weight excluding hydrogens is 238 g/mol. The molecule has 0 aromatic heterocycles. The van der Waals surface area contributed by atoms with Crippen LogP contribution < -0.4 is 11.1 Å². The predicted molar refractivity (Wildman–Crippen MR) is 79.9 cm³/mol. The van der Waals surface area contributed by atoms with Crippen molar-refractivity contribution in [3.8, 4) is 0 Å². The molecule has 1 rings (SSSR count). The molecule has 1 fully saturated rings. The number of rotatable bonds is 9. The van der Waals surface area contributed by atoms with Gasteiger partial charge in [-0.15, -0.1) is 0 Å². The highest BCUT2D eigenvalue weighted by Crippen LogP contribution is 2.24. The van der Waals surface area contributed by atoms with Crippen LogP contribution in [0.15, 0.2) is 0 Å². The van der Waals surface area contributed by atoms with Crippen LogP contribution in [0.2, 0.25) is 0 Å². The molecule has 4 heteroatoms. The minimum absolute atomic E-state index is 0.192. The summed E-state index contributed by atoms with van der Waals surface area (Å²) in [5.74, 6) is 0.498. The Kier molecular flexibility index (Phi) is 7.39. The van der Waals surface area contributed by atoms with E-state index in [0.29, 0.717) is 0 Å². The van der Waals surface area contributed by atoms with Gasteiger partial charge in [-0.05, 0) is 45.2 Å². The highest BCUT2D eigenvalue weighted by Gasteiger charge is 2.23. The maximum atomic E-state index is 11.3. The van der Waals surface area contributed by atoms with Gasteiger partial charge in [-0.25, -0.2) is 0 Å². The van der Waals surface area contributed by atoms with Gasteiger partial charge in [-0.1, -0.05) is 26.7 Å². The lowest BCUT2D eigenvalue weighted by Gasteiger charge is -2.30. The summed E-state index contributed by atoms with van der Waals surface area (Å²) in [6, 6.07) is 0.534. The monoisotopic (exact) mass is 269 g/mol. The van der Waals surface area contributed by atoms with Crippen LogP contribution in [0, 0.1) is 5.92 Å². The van der Waals surface area contributed by atoms with Gasteiger partial charge < -0.3 is 16.0 Å². The van der Waals surface area contributed by atoms with Gasteiger partial charge in [0.25, 0.3) is 0 Å². The van der Waals surface area contributed by atoms with E-state index in [2.05, 4.69) is 24.1 Å². The summed E-state index contributed by atoms with van der Waals surface area (Å²) >= 11 is 0. The molecule has 0 heterocycles. The van der Waals surface area contributed by atoms with Crippen molar-refractivity contribution >= 4 is 5.91 Å². The Bertz CT molecular complexity index is 262. The predicted octanol–water partition coefficient (Wildman–Crippen LogP) is 1.74. The standard InChI is InChI=1S/C15H31N3O/c1-12(2)8-10-18(13-6-4-5-7-13)11-9-14(17-3)15(16)19/h12-14,17H,4-11H2,1-3H3,(H2,16,19). The van der Waals surface area contributed by atoms with Crippen LogP contribution >= 0.6 is 0 Å². The van der Waals surface area contributed by atoms with E-state index in [1.807, 2.05) is 7.05 Å². The lowest BCUT2D eigenvalue weighted by Crippen LogP contribution is -2.43. The van der Waals surface area contributed by atoms with Crippen LogP contribution in [0.5, 0.6) is 0 Å². The molecule has 0 bridgehead atoms. The molecule has 4 nitrogen and oxygen atoms in total. The molecule has 0 spiro atoms. The molecule has 112 valence electrons. The second kappa shape index (κ2) is 8.54. The Labute approximate surface area is 118 Å². The number of carbonyl (C=O) groups is 1. The van der Waals surface area contributed by atoms with Crippen LogP contribution in [-0.2, 0) is 4.79 Å². The number of likely N-dealkylation sites (N-methyl/N-ethyl adjacent to an activating group) is 1. The van der Waals surface area contributed by atoms with Crippen LogP contribution in [0.25, 0.3) is 0 Å². The fraction of sp³-hybridized carbons (Fsp3) is 0.933. The van der Waals surface area contributed by atoms with E-state index in [4.69, 9.17) is 5.73 Å². The Morgan fingerprint density at radius 3 is 2.32 bits per heavy atom. The highest BCUT2D eigenvalue weighted by molar-refractivity contribution is 5.79. The van der Waals surface area contributed by atoms with Gasteiger partial charge in [0, 0.05) is 12.6 Å². The van der Waals surface area contributed by atoms with Gasteiger partial charge in [0.05, 0.1) is 6.04 Å². The molecule has 0 aromatic rings. The highest BCUT2D eigenvalue weighted by atomic mass is 16.1. The third-order valence-corrected chi connectivity index (χ3v) is 4.23. The number of primary amides is 1. The van der Waals surface area contributed by atoms with Gasteiger partial charge in [0.15, 0.2) is 0 Å². The van der Waals surface area contributed by atoms with Gasteiger partial charge >= 0.3 is 0 Å². The summed E-state index contributed by atoms with van der Waals surface area (Å²) < 4.78 is 0. The minimum atomic E-state index is -0.238. The molecule has 1 unspecified atom stereocenters. The van der Waals surface area contributed by atoms with E-state index in [1.54, 1.807) is 0 Å². The summed E-state index contributed by atoms with van der Waals surface area (Å²) in [6.07, 6.45) is 7.40. The van der Waals surface area contributed by atoms with Gasteiger partial charge in [0.2, 0.25) is 5.91 Å². The number of hydrogen-bond donors (Lipinski definition) is 2. The maximum absolute atomic E-state index is 11.3. The van der Waals surface area contributed by atoms with Crippen LogP contribution in [0.1, 0.15) is 52.4 Å². The number of nitrogens with zero attached hydrogens (tertiary/aromatic N) is 1. The summed E-state index contributed by atoms with van der Waals surface area (Å²) in [5.41, 5.74) is 5.39. The normalized spacial score (nSPS) is 18.4. The minimum Gasteiger partial charge on any atom is -0.368 e. The zero-order valence-electron chi connectivity index (χ0n) is 12.8. The number of nitrogens with one attached hydrogen (secondary N) is 1. The van der Waals surface area contributed by atoms with Crippen LogP contribution in [-0.4, -0.2) is 43.0 Å². The van der Waals surface area contributed by atoms with Crippen molar-refractivity contribution in [2.75, 3.05) is 20.1 Å². The Morgan fingerprint density at radius 1 is 1.26 bits per heavy atom. The fourth-order valence-corrected chi connectivity index (χ4v) is 2.89. The average Bonchev–Trinajstić information content (AvgIpc) is 2.86. The SMILES string of the molecule is CNC(CCN(CCC(C)C)C1CCCC1)C(N)=O. The van der Waals surface area contributed by atoms with Crippen molar-refractivity contribution in [2.24, 2.45) is 11.7 Å². The summed E-state index contributed by atoms with van der Waals surface area (Å²) in [7, 11) is 1.81. The van der Waals surface area contributed by atoms with E-state index < -0.39 is 0 Å². The molecule has 1 atom stereocenters. The second-order valence-corrected chi connectivity index (χ2v) is 6.19. The fourth-order valence-electron chi connectivity index (χ4n) is 2.89. The van der Waals surface area contributed by atoms with Crippen LogP contribution in [0.4, 0.5) is 0 Å². The molecule has 0 aromatic carbocycles. The first-order chi connectivity index (χ1) is 9.04. The number of nitrogens with two attached hydrogens (primary N) is 1. The molecule has 0 saturated heterocycles. The molecule has 1 aliphatic carbocycles. The van der Waals surface area contributed by atoms with Gasteiger partial charge in [0.1, 0.15) is 0 Å². The topological polar surface area (TPSA) is 58.4 Å².